The molecule has 1 aliphatic heterocycles. The Hall–Kier alpha value is -0.800. The number of rotatable bonds is 5. The van der Waals surface area contributed by atoms with Gasteiger partial charge in [-0.25, -0.2) is 4.98 Å². The van der Waals surface area contributed by atoms with Crippen molar-refractivity contribution in [2.45, 2.75) is 40.7 Å². The first kappa shape index (κ1) is 16.6. The van der Waals surface area contributed by atoms with Crippen LogP contribution >= 0.6 is 11.6 Å². The monoisotopic (exact) mass is 309 g/mol. The lowest BCUT2D eigenvalue weighted by molar-refractivity contribution is 0.323. The zero-order valence-electron chi connectivity index (χ0n) is 13.7. The van der Waals surface area contributed by atoms with E-state index in [4.69, 9.17) is 11.6 Å². The predicted octanol–water partition coefficient (Wildman–Crippen LogP) is 3.96. The van der Waals surface area contributed by atoms with Gasteiger partial charge in [0, 0.05) is 25.8 Å². The van der Waals surface area contributed by atoms with E-state index in [2.05, 4.69) is 49.0 Å². The average molecular weight is 310 g/mol. The predicted molar refractivity (Wildman–Crippen MR) is 90.9 cm³/mol. The molecular weight excluding hydrogens is 282 g/mol. The number of aromatic nitrogens is 1. The van der Waals surface area contributed by atoms with E-state index >= 15 is 0 Å². The van der Waals surface area contributed by atoms with E-state index in [0.29, 0.717) is 5.92 Å². The van der Waals surface area contributed by atoms with Crippen LogP contribution in [0.4, 0.5) is 5.82 Å². The van der Waals surface area contributed by atoms with E-state index in [0.717, 1.165) is 54.4 Å². The largest absolute Gasteiger partial charge is 0.356 e. The number of nitrogens with one attached hydrogen (secondary N) is 1. The summed E-state index contributed by atoms with van der Waals surface area (Å²) in [5.41, 5.74) is 1.15. The summed E-state index contributed by atoms with van der Waals surface area (Å²) >= 11 is 6.28. The SMILES string of the molecule is CC(C)CNCc1cc(N2CCC(C)C(C)C2)ncc1Cl. The van der Waals surface area contributed by atoms with Crippen molar-refractivity contribution in [3.63, 3.8) is 0 Å². The maximum atomic E-state index is 6.28. The van der Waals surface area contributed by atoms with Crippen LogP contribution in [0.1, 0.15) is 39.7 Å². The smallest absolute Gasteiger partial charge is 0.128 e. The Morgan fingerprint density at radius 3 is 2.81 bits per heavy atom. The second kappa shape index (κ2) is 7.46. The lowest BCUT2D eigenvalue weighted by atomic mass is 9.89. The van der Waals surface area contributed by atoms with Gasteiger partial charge < -0.3 is 10.2 Å². The molecule has 0 amide bonds. The van der Waals surface area contributed by atoms with Crippen LogP contribution in [0.15, 0.2) is 12.3 Å². The second-order valence-electron chi connectivity index (χ2n) is 6.85. The van der Waals surface area contributed by atoms with E-state index in [-0.39, 0.29) is 0 Å². The van der Waals surface area contributed by atoms with Gasteiger partial charge >= 0.3 is 0 Å². The van der Waals surface area contributed by atoms with Crippen molar-refractivity contribution in [1.29, 1.82) is 0 Å². The number of nitrogens with zero attached hydrogens (tertiary/aromatic N) is 2. The highest BCUT2D eigenvalue weighted by atomic mass is 35.5. The molecule has 3 nitrogen and oxygen atoms in total. The highest BCUT2D eigenvalue weighted by Crippen LogP contribution is 2.27. The molecule has 2 unspecified atom stereocenters. The molecule has 2 atom stereocenters. The molecule has 1 aliphatic rings. The van der Waals surface area contributed by atoms with Crippen molar-refractivity contribution in [3.05, 3.63) is 22.8 Å². The van der Waals surface area contributed by atoms with Gasteiger partial charge in [0.25, 0.3) is 0 Å². The Kier molecular flexibility index (Phi) is 5.88. The van der Waals surface area contributed by atoms with Gasteiger partial charge in [-0.1, -0.05) is 39.3 Å². The Morgan fingerprint density at radius 1 is 1.38 bits per heavy atom. The molecule has 2 rings (SSSR count). The molecule has 0 radical (unpaired) electrons. The van der Waals surface area contributed by atoms with Gasteiger partial charge in [0.1, 0.15) is 5.82 Å². The minimum atomic E-state index is 0.648. The van der Waals surface area contributed by atoms with Crippen LogP contribution in [0.3, 0.4) is 0 Å². The number of hydrogen-bond donors (Lipinski definition) is 1. The molecule has 0 spiro atoms. The van der Waals surface area contributed by atoms with Gasteiger partial charge in [-0.3, -0.25) is 0 Å². The van der Waals surface area contributed by atoms with E-state index in [1.54, 1.807) is 6.20 Å². The fourth-order valence-corrected chi connectivity index (χ4v) is 2.91. The number of anilines is 1. The highest BCUT2D eigenvalue weighted by Gasteiger charge is 2.23. The Morgan fingerprint density at radius 2 is 2.14 bits per heavy atom. The topological polar surface area (TPSA) is 28.2 Å². The maximum Gasteiger partial charge on any atom is 0.128 e. The summed E-state index contributed by atoms with van der Waals surface area (Å²) in [6, 6.07) is 2.15. The number of pyridine rings is 1. The molecule has 2 heterocycles. The van der Waals surface area contributed by atoms with Crippen LogP contribution in [-0.2, 0) is 6.54 Å². The minimum absolute atomic E-state index is 0.648. The fraction of sp³-hybridized carbons (Fsp3) is 0.706. The van der Waals surface area contributed by atoms with E-state index in [1.165, 1.54) is 6.42 Å². The zero-order valence-corrected chi connectivity index (χ0v) is 14.5. The summed E-state index contributed by atoms with van der Waals surface area (Å²) in [4.78, 5) is 6.93. The maximum absolute atomic E-state index is 6.28. The molecule has 4 heteroatoms. The van der Waals surface area contributed by atoms with Crippen molar-refractivity contribution in [2.24, 2.45) is 17.8 Å². The molecule has 0 bridgehead atoms. The van der Waals surface area contributed by atoms with Crippen LogP contribution in [-0.4, -0.2) is 24.6 Å². The minimum Gasteiger partial charge on any atom is -0.356 e. The fourth-order valence-electron chi connectivity index (χ4n) is 2.74. The van der Waals surface area contributed by atoms with Gasteiger partial charge in [0.2, 0.25) is 0 Å². The summed E-state index contributed by atoms with van der Waals surface area (Å²) in [6.07, 6.45) is 3.04. The Bertz CT molecular complexity index is 461. The molecule has 118 valence electrons. The summed E-state index contributed by atoms with van der Waals surface area (Å²) < 4.78 is 0. The van der Waals surface area contributed by atoms with Crippen LogP contribution in [0.5, 0.6) is 0 Å². The standard InChI is InChI=1S/C17H28ClN3/c1-12(2)8-19-9-15-7-17(20-10-16(15)18)21-6-5-13(3)14(4)11-21/h7,10,12-14,19H,5-6,8-9,11H2,1-4H3. The van der Waals surface area contributed by atoms with E-state index in [9.17, 15) is 0 Å². The van der Waals surface area contributed by atoms with Crippen molar-refractivity contribution >= 4 is 17.4 Å². The lowest BCUT2D eigenvalue weighted by Gasteiger charge is -2.36. The Labute approximate surface area is 134 Å². The Balaban J connectivity index is 2.04. The van der Waals surface area contributed by atoms with Crippen molar-refractivity contribution < 1.29 is 0 Å². The normalized spacial score (nSPS) is 22.9. The summed E-state index contributed by atoms with van der Waals surface area (Å²) in [5, 5.41) is 4.21. The van der Waals surface area contributed by atoms with Gasteiger partial charge in [0.05, 0.1) is 5.02 Å². The molecule has 1 aromatic heterocycles. The first-order valence-electron chi connectivity index (χ1n) is 8.07. The third-order valence-corrected chi connectivity index (χ3v) is 4.79. The average Bonchev–Trinajstić information content (AvgIpc) is 2.43. The molecule has 0 aromatic carbocycles. The number of halogens is 1. The second-order valence-corrected chi connectivity index (χ2v) is 7.26. The molecule has 1 fully saturated rings. The molecule has 1 N–H and O–H groups in total. The molecule has 0 aliphatic carbocycles. The van der Waals surface area contributed by atoms with E-state index < -0.39 is 0 Å². The first-order chi connectivity index (χ1) is 9.97. The quantitative estimate of drug-likeness (QED) is 0.892. The van der Waals surface area contributed by atoms with Crippen LogP contribution in [0, 0.1) is 17.8 Å². The molecular formula is C17H28ClN3. The summed E-state index contributed by atoms with van der Waals surface area (Å²) in [6.45, 7) is 13.1. The molecule has 1 aromatic rings. The molecule has 0 saturated carbocycles. The number of piperidine rings is 1. The molecule has 1 saturated heterocycles. The van der Waals surface area contributed by atoms with Crippen molar-refractivity contribution in [1.82, 2.24) is 10.3 Å². The summed E-state index contributed by atoms with van der Waals surface area (Å²) in [7, 11) is 0. The first-order valence-corrected chi connectivity index (χ1v) is 8.45. The van der Waals surface area contributed by atoms with Gasteiger partial charge in [0.15, 0.2) is 0 Å². The lowest BCUT2D eigenvalue weighted by Crippen LogP contribution is -2.38. The number of hydrogen-bond acceptors (Lipinski definition) is 3. The van der Waals surface area contributed by atoms with Crippen molar-refractivity contribution in [3.8, 4) is 0 Å². The van der Waals surface area contributed by atoms with Gasteiger partial charge in [-0.2, -0.15) is 0 Å². The van der Waals surface area contributed by atoms with Crippen LogP contribution in [0.25, 0.3) is 0 Å². The van der Waals surface area contributed by atoms with Crippen molar-refractivity contribution in [2.75, 3.05) is 24.5 Å². The van der Waals surface area contributed by atoms with Crippen LogP contribution in [0.2, 0.25) is 5.02 Å². The highest BCUT2D eigenvalue weighted by molar-refractivity contribution is 6.31. The zero-order chi connectivity index (χ0) is 15.4. The van der Waals surface area contributed by atoms with Gasteiger partial charge in [-0.15, -0.1) is 0 Å². The third kappa shape index (κ3) is 4.58. The summed E-state index contributed by atoms with van der Waals surface area (Å²) in [5.74, 6) is 3.24. The third-order valence-electron chi connectivity index (χ3n) is 4.45. The van der Waals surface area contributed by atoms with E-state index in [1.807, 2.05) is 0 Å². The molecule has 21 heavy (non-hydrogen) atoms. The van der Waals surface area contributed by atoms with Gasteiger partial charge in [-0.05, 0) is 42.3 Å². The van der Waals surface area contributed by atoms with Crippen LogP contribution < -0.4 is 10.2 Å².